The Labute approximate surface area is 160 Å². The molecule has 0 saturated carbocycles. The molecule has 1 aromatic heterocycles. The van der Waals surface area contributed by atoms with Crippen LogP contribution in [0.1, 0.15) is 51.3 Å². The summed E-state index contributed by atoms with van der Waals surface area (Å²) in [7, 11) is 0. The summed E-state index contributed by atoms with van der Waals surface area (Å²) in [6, 6.07) is 1.99. The minimum absolute atomic E-state index is 0.0782. The van der Waals surface area contributed by atoms with Crippen LogP contribution >= 0.6 is 27.3 Å². The van der Waals surface area contributed by atoms with E-state index in [9.17, 15) is 9.59 Å². The normalized spacial score (nSPS) is 22.6. The highest BCUT2D eigenvalue weighted by Crippen LogP contribution is 2.48. The second kappa shape index (κ2) is 6.72. The highest BCUT2D eigenvalue weighted by atomic mass is 79.9. The topological polar surface area (TPSA) is 55.4 Å². The summed E-state index contributed by atoms with van der Waals surface area (Å²) in [6.45, 7) is 8.20. The smallest absolute Gasteiger partial charge is 0.336 e. The molecule has 3 rings (SSSR count). The molecular formula is C19H22BrNO3S. The highest BCUT2D eigenvalue weighted by molar-refractivity contribution is 9.10. The third kappa shape index (κ3) is 3.47. The van der Waals surface area contributed by atoms with Crippen molar-refractivity contribution in [3.63, 3.8) is 0 Å². The predicted molar refractivity (Wildman–Crippen MR) is 102 cm³/mol. The third-order valence-corrected chi connectivity index (χ3v) is 6.37. The Bertz CT molecular complexity index is 803. The summed E-state index contributed by atoms with van der Waals surface area (Å²) in [5.41, 5.74) is 2.91. The van der Waals surface area contributed by atoms with Gasteiger partial charge in [-0.2, -0.15) is 0 Å². The zero-order valence-corrected chi connectivity index (χ0v) is 17.3. The van der Waals surface area contributed by atoms with E-state index < -0.39 is 0 Å². The van der Waals surface area contributed by atoms with E-state index in [1.54, 1.807) is 18.3 Å². The lowest BCUT2D eigenvalue weighted by atomic mass is 9.70. The van der Waals surface area contributed by atoms with Crippen LogP contribution < -0.4 is 5.32 Å². The van der Waals surface area contributed by atoms with Crippen molar-refractivity contribution in [2.24, 2.45) is 5.41 Å². The number of carbonyl (C=O) groups excluding carboxylic acids is 2. The molecule has 134 valence electrons. The quantitative estimate of drug-likeness (QED) is 0.717. The van der Waals surface area contributed by atoms with Crippen LogP contribution in [0.25, 0.3) is 0 Å². The summed E-state index contributed by atoms with van der Waals surface area (Å²) in [5.74, 6) is -0.594. The lowest BCUT2D eigenvalue weighted by Gasteiger charge is -2.39. The van der Waals surface area contributed by atoms with Gasteiger partial charge in [-0.15, -0.1) is 11.3 Å². The minimum Gasteiger partial charge on any atom is -0.463 e. The van der Waals surface area contributed by atoms with Gasteiger partial charge in [0, 0.05) is 38.1 Å². The zero-order chi connectivity index (χ0) is 18.4. The van der Waals surface area contributed by atoms with Gasteiger partial charge < -0.3 is 10.1 Å². The van der Waals surface area contributed by atoms with E-state index in [-0.39, 0.29) is 23.1 Å². The molecule has 1 N–H and O–H groups in total. The van der Waals surface area contributed by atoms with E-state index in [2.05, 4.69) is 35.1 Å². The number of allylic oxidation sites excluding steroid dienone is 3. The van der Waals surface area contributed by atoms with Crippen molar-refractivity contribution in [1.82, 2.24) is 5.32 Å². The van der Waals surface area contributed by atoms with Gasteiger partial charge in [0.05, 0.1) is 18.1 Å². The number of carbonyl (C=O) groups is 2. The molecule has 0 bridgehead atoms. The molecule has 6 heteroatoms. The number of hydrogen-bond acceptors (Lipinski definition) is 5. The summed E-state index contributed by atoms with van der Waals surface area (Å²) < 4.78 is 6.24. The van der Waals surface area contributed by atoms with E-state index in [1.807, 2.05) is 18.4 Å². The number of halogens is 1. The van der Waals surface area contributed by atoms with Gasteiger partial charge in [0.15, 0.2) is 5.78 Å². The molecule has 1 aromatic rings. The zero-order valence-electron chi connectivity index (χ0n) is 14.9. The van der Waals surface area contributed by atoms with Crippen molar-refractivity contribution in [2.75, 3.05) is 6.61 Å². The summed E-state index contributed by atoms with van der Waals surface area (Å²) >= 11 is 5.04. The third-order valence-electron chi connectivity index (χ3n) is 4.61. The van der Waals surface area contributed by atoms with Crippen molar-refractivity contribution in [3.8, 4) is 0 Å². The molecule has 0 amide bonds. The lowest BCUT2D eigenvalue weighted by Crippen LogP contribution is -2.38. The fourth-order valence-electron chi connectivity index (χ4n) is 3.68. The second-order valence-corrected chi connectivity index (χ2v) is 9.18. The minimum atomic E-state index is -0.355. The average molecular weight is 424 g/mol. The Morgan fingerprint density at radius 2 is 2.16 bits per heavy atom. The Hall–Kier alpha value is -1.40. The predicted octanol–water partition coefficient (Wildman–Crippen LogP) is 4.68. The van der Waals surface area contributed by atoms with Crippen LogP contribution in [0.2, 0.25) is 0 Å². The van der Waals surface area contributed by atoms with Crippen LogP contribution in [-0.2, 0) is 14.3 Å². The molecule has 0 radical (unpaired) electrons. The van der Waals surface area contributed by atoms with Crippen LogP contribution in [0.15, 0.2) is 38.5 Å². The molecule has 1 aliphatic carbocycles. The Balaban J connectivity index is 2.15. The van der Waals surface area contributed by atoms with Crippen LogP contribution in [0.5, 0.6) is 0 Å². The average Bonchev–Trinajstić information content (AvgIpc) is 2.90. The number of esters is 1. The summed E-state index contributed by atoms with van der Waals surface area (Å²) in [5, 5.41) is 5.31. The van der Waals surface area contributed by atoms with Gasteiger partial charge >= 0.3 is 5.97 Å². The van der Waals surface area contributed by atoms with Gasteiger partial charge in [0.1, 0.15) is 0 Å². The standard InChI is InChI=1S/C19H22BrNO3S/c1-5-24-18(23)15-10(2)21-12-7-19(3,4)8-13(22)16(12)17(15)14-6-11(20)9-25-14/h6,9,17,21H,5,7-8H2,1-4H3. The maximum Gasteiger partial charge on any atom is 0.336 e. The molecule has 2 heterocycles. The molecule has 4 nitrogen and oxygen atoms in total. The van der Waals surface area contributed by atoms with Crippen LogP contribution in [0, 0.1) is 5.41 Å². The first-order chi connectivity index (χ1) is 11.7. The summed E-state index contributed by atoms with van der Waals surface area (Å²) in [6.07, 6.45) is 1.29. The van der Waals surface area contributed by atoms with Crippen molar-refractivity contribution in [2.45, 2.75) is 46.5 Å². The number of thiophene rings is 1. The van der Waals surface area contributed by atoms with E-state index in [1.165, 1.54) is 0 Å². The fraction of sp³-hybridized carbons (Fsp3) is 0.474. The van der Waals surface area contributed by atoms with E-state index in [4.69, 9.17) is 4.74 Å². The number of hydrogen-bond donors (Lipinski definition) is 1. The van der Waals surface area contributed by atoms with Gasteiger partial charge in [-0.05, 0) is 47.7 Å². The lowest BCUT2D eigenvalue weighted by molar-refractivity contribution is -0.138. The number of ether oxygens (including phenoxy) is 1. The highest BCUT2D eigenvalue weighted by Gasteiger charge is 2.43. The Morgan fingerprint density at radius 1 is 1.44 bits per heavy atom. The number of nitrogens with one attached hydrogen (secondary N) is 1. The molecule has 1 aliphatic heterocycles. The first-order valence-electron chi connectivity index (χ1n) is 8.38. The second-order valence-electron chi connectivity index (χ2n) is 7.32. The van der Waals surface area contributed by atoms with Crippen molar-refractivity contribution >= 4 is 39.0 Å². The molecule has 0 spiro atoms. The Morgan fingerprint density at radius 3 is 2.76 bits per heavy atom. The first-order valence-corrected chi connectivity index (χ1v) is 10.1. The Kier molecular flexibility index (Phi) is 4.95. The van der Waals surface area contributed by atoms with Crippen molar-refractivity contribution in [1.29, 1.82) is 0 Å². The summed E-state index contributed by atoms with van der Waals surface area (Å²) in [4.78, 5) is 26.6. The van der Waals surface area contributed by atoms with Gasteiger partial charge in [-0.3, -0.25) is 4.79 Å². The molecule has 2 aliphatic rings. The molecule has 1 unspecified atom stereocenters. The largest absolute Gasteiger partial charge is 0.463 e. The van der Waals surface area contributed by atoms with Crippen molar-refractivity contribution < 1.29 is 14.3 Å². The first kappa shape index (κ1) is 18.4. The van der Waals surface area contributed by atoms with Crippen LogP contribution in [0.4, 0.5) is 0 Å². The number of Topliss-reactive ketones (excluding diaryl/α,β-unsaturated/α-hetero) is 1. The van der Waals surface area contributed by atoms with Crippen LogP contribution in [0.3, 0.4) is 0 Å². The molecule has 0 saturated heterocycles. The van der Waals surface area contributed by atoms with Gasteiger partial charge in [-0.25, -0.2) is 4.79 Å². The van der Waals surface area contributed by atoms with Crippen molar-refractivity contribution in [3.05, 3.63) is 43.3 Å². The van der Waals surface area contributed by atoms with Gasteiger partial charge in [0.25, 0.3) is 0 Å². The van der Waals surface area contributed by atoms with E-state index >= 15 is 0 Å². The van der Waals surface area contributed by atoms with Crippen LogP contribution in [-0.4, -0.2) is 18.4 Å². The number of ketones is 1. The monoisotopic (exact) mass is 423 g/mol. The SMILES string of the molecule is CCOC(=O)C1=C(C)NC2=C(C(=O)CC(C)(C)C2)C1c1cc(Br)cs1. The fourth-order valence-corrected chi connectivity index (χ4v) is 5.24. The van der Waals surface area contributed by atoms with Gasteiger partial charge in [-0.1, -0.05) is 13.8 Å². The van der Waals surface area contributed by atoms with Gasteiger partial charge in [0.2, 0.25) is 0 Å². The maximum absolute atomic E-state index is 13.0. The number of dihydropyridines is 1. The molecule has 1 atom stereocenters. The number of rotatable bonds is 3. The molecule has 0 aromatic carbocycles. The molecule has 0 fully saturated rings. The molecular weight excluding hydrogens is 402 g/mol. The maximum atomic E-state index is 13.0. The van der Waals surface area contributed by atoms with E-state index in [0.717, 1.165) is 32.7 Å². The van der Waals surface area contributed by atoms with E-state index in [0.29, 0.717) is 18.6 Å². The molecule has 25 heavy (non-hydrogen) atoms.